The number of anilines is 4. The summed E-state index contributed by atoms with van der Waals surface area (Å²) in [6.45, 7) is -0.484. The number of sulfonamides is 1. The third-order valence-electron chi connectivity index (χ3n) is 3.73. The number of carbonyl (C=O) groups excluding carboxylic acids is 1. The quantitative estimate of drug-likeness (QED) is 0.344. The summed E-state index contributed by atoms with van der Waals surface area (Å²) in [5, 5.41) is 22.9. The number of nitrogens with one attached hydrogen (secondary N) is 2. The molecule has 14 heteroatoms. The van der Waals surface area contributed by atoms with Crippen LogP contribution in [0, 0.1) is 0 Å². The number of primary sulfonamides is 1. The predicted octanol–water partition coefficient (Wildman–Crippen LogP) is 0.795. The first-order valence-electron chi connectivity index (χ1n) is 8.50. The summed E-state index contributed by atoms with van der Waals surface area (Å²) < 4.78 is 28.4. The minimum atomic E-state index is -3.82. The zero-order valence-corrected chi connectivity index (χ0v) is 16.5. The molecule has 0 saturated heterocycles. The third kappa shape index (κ3) is 5.68. The van der Waals surface area contributed by atoms with Gasteiger partial charge in [-0.15, -0.1) is 9.78 Å². The number of nitrogens with two attached hydrogens (primary N) is 2. The maximum atomic E-state index is 12.4. The lowest BCUT2D eigenvalue weighted by Crippen LogP contribution is -2.22. The van der Waals surface area contributed by atoms with E-state index in [9.17, 15) is 18.0 Å². The lowest BCUT2D eigenvalue weighted by Gasteiger charge is -2.07. The van der Waals surface area contributed by atoms with Crippen LogP contribution in [0.15, 0.2) is 53.4 Å². The summed E-state index contributed by atoms with van der Waals surface area (Å²) in [5.41, 5.74) is 6.57. The van der Waals surface area contributed by atoms with E-state index in [-0.39, 0.29) is 16.8 Å². The van der Waals surface area contributed by atoms with E-state index in [2.05, 4.69) is 20.7 Å². The van der Waals surface area contributed by atoms with E-state index in [1.807, 2.05) is 0 Å². The fourth-order valence-corrected chi connectivity index (χ4v) is 2.86. The number of carbonyl (C=O) groups is 2. The number of amides is 1. The average Bonchev–Trinajstić information content (AvgIpc) is 3.07. The molecule has 162 valence electrons. The van der Waals surface area contributed by atoms with Crippen LogP contribution in [-0.4, -0.2) is 46.9 Å². The zero-order valence-electron chi connectivity index (χ0n) is 15.7. The number of aliphatic carboxylic acids is 1. The number of nitrogen functional groups attached to an aromatic ring is 1. The molecule has 0 saturated carbocycles. The van der Waals surface area contributed by atoms with E-state index >= 15 is 0 Å². The Bertz CT molecular complexity index is 1210. The van der Waals surface area contributed by atoms with Gasteiger partial charge in [0.2, 0.25) is 21.9 Å². The molecule has 1 heterocycles. The molecular formula is C17H17N7O6S. The molecule has 3 rings (SSSR count). The summed E-state index contributed by atoms with van der Waals surface area (Å²) in [4.78, 5) is 26.8. The van der Waals surface area contributed by atoms with Gasteiger partial charge in [0.25, 0.3) is 0 Å². The van der Waals surface area contributed by atoms with Gasteiger partial charge in [-0.3, -0.25) is 0 Å². The van der Waals surface area contributed by atoms with Gasteiger partial charge in [-0.05, 0) is 48.5 Å². The summed E-state index contributed by atoms with van der Waals surface area (Å²) in [6, 6.07) is 10.8. The molecule has 0 bridgehead atoms. The Morgan fingerprint density at radius 3 is 2.26 bits per heavy atom. The maximum absolute atomic E-state index is 12.4. The van der Waals surface area contributed by atoms with Gasteiger partial charge >= 0.3 is 12.0 Å². The van der Waals surface area contributed by atoms with Crippen LogP contribution < -0.4 is 26.2 Å². The molecule has 0 aliphatic rings. The number of hydrogen-bond acceptors (Lipinski definition) is 9. The van der Waals surface area contributed by atoms with Crippen molar-refractivity contribution in [2.75, 3.05) is 23.0 Å². The van der Waals surface area contributed by atoms with Crippen molar-refractivity contribution in [1.29, 1.82) is 0 Å². The molecule has 0 atom stereocenters. The van der Waals surface area contributed by atoms with Crippen LogP contribution in [0.25, 0.3) is 0 Å². The van der Waals surface area contributed by atoms with Gasteiger partial charge in [-0.2, -0.15) is 4.98 Å². The maximum Gasteiger partial charge on any atom is 0.349 e. The Balaban J connectivity index is 1.66. The topological polar surface area (TPSA) is 205 Å². The Hall–Kier alpha value is -4.17. The first-order chi connectivity index (χ1) is 14.6. The summed E-state index contributed by atoms with van der Waals surface area (Å²) >= 11 is 0. The second-order valence-corrected chi connectivity index (χ2v) is 7.60. The van der Waals surface area contributed by atoms with Gasteiger partial charge in [-0.1, -0.05) is 0 Å². The molecule has 0 fully saturated rings. The normalized spacial score (nSPS) is 11.0. The van der Waals surface area contributed by atoms with Gasteiger partial charge in [-0.25, -0.2) is 23.1 Å². The minimum Gasteiger partial charge on any atom is -0.482 e. The molecule has 0 spiro atoms. The predicted molar refractivity (Wildman–Crippen MR) is 110 cm³/mol. The molecule has 0 aliphatic heterocycles. The molecule has 0 aliphatic carbocycles. The monoisotopic (exact) mass is 447 g/mol. The second-order valence-electron chi connectivity index (χ2n) is 6.04. The number of hydrogen-bond donors (Lipinski definition) is 5. The molecule has 0 unspecified atom stereocenters. The van der Waals surface area contributed by atoms with Gasteiger partial charge in [0.15, 0.2) is 6.61 Å². The van der Waals surface area contributed by atoms with Gasteiger partial charge in [0, 0.05) is 11.4 Å². The van der Waals surface area contributed by atoms with E-state index in [1.165, 1.54) is 48.5 Å². The molecule has 31 heavy (non-hydrogen) atoms. The Morgan fingerprint density at radius 1 is 1.06 bits per heavy atom. The second kappa shape index (κ2) is 8.68. The largest absolute Gasteiger partial charge is 0.482 e. The molecule has 13 nitrogen and oxygen atoms in total. The van der Waals surface area contributed by atoms with Crippen LogP contribution in [-0.2, 0) is 14.8 Å². The van der Waals surface area contributed by atoms with Crippen molar-refractivity contribution in [3.8, 4) is 5.75 Å². The number of ether oxygens (including phenoxy) is 1. The van der Waals surface area contributed by atoms with Crippen LogP contribution in [0.1, 0.15) is 0 Å². The van der Waals surface area contributed by atoms with Crippen molar-refractivity contribution >= 4 is 45.3 Å². The highest BCUT2D eigenvalue weighted by Gasteiger charge is 2.15. The Labute approximate surface area is 175 Å². The van der Waals surface area contributed by atoms with Crippen LogP contribution in [0.3, 0.4) is 0 Å². The van der Waals surface area contributed by atoms with Gasteiger partial charge in [0.05, 0.1) is 4.90 Å². The van der Waals surface area contributed by atoms with Crippen molar-refractivity contribution < 1.29 is 27.9 Å². The molecular weight excluding hydrogens is 430 g/mol. The van der Waals surface area contributed by atoms with Crippen molar-refractivity contribution in [3.63, 3.8) is 0 Å². The Morgan fingerprint density at radius 2 is 1.68 bits per heavy atom. The number of aromatic nitrogens is 3. The fraction of sp³-hybridized carbons (Fsp3) is 0.0588. The van der Waals surface area contributed by atoms with E-state index < -0.39 is 28.6 Å². The van der Waals surface area contributed by atoms with Crippen molar-refractivity contribution in [1.82, 2.24) is 14.8 Å². The lowest BCUT2D eigenvalue weighted by atomic mass is 10.3. The number of carboxylic acid groups (broad SMARTS) is 1. The smallest absolute Gasteiger partial charge is 0.349 e. The van der Waals surface area contributed by atoms with E-state index in [1.54, 1.807) is 0 Å². The van der Waals surface area contributed by atoms with Gasteiger partial charge < -0.3 is 26.2 Å². The summed E-state index contributed by atoms with van der Waals surface area (Å²) in [5.74, 6) is -0.972. The zero-order chi connectivity index (χ0) is 22.6. The molecule has 1 amide bonds. The summed E-state index contributed by atoms with van der Waals surface area (Å²) in [6.07, 6.45) is 0. The van der Waals surface area contributed by atoms with E-state index in [0.29, 0.717) is 17.1 Å². The summed E-state index contributed by atoms with van der Waals surface area (Å²) in [7, 11) is -3.82. The lowest BCUT2D eigenvalue weighted by molar-refractivity contribution is -0.139. The first-order valence-corrected chi connectivity index (χ1v) is 10.0. The molecule has 3 aromatic rings. The van der Waals surface area contributed by atoms with E-state index in [4.69, 9.17) is 20.7 Å². The third-order valence-corrected chi connectivity index (χ3v) is 4.66. The Kier molecular flexibility index (Phi) is 6.03. The standard InChI is InChI=1S/C17H17N7O6S/c18-15-22-16(20-10-3-7-13(8-4-10)31(19,28)29)23-24(15)17(27)21-11-1-5-12(6-2-11)30-9-14(25)26/h1-8H,9H2,(H,21,27)(H,25,26)(H2,19,28,29)(H3,18,20,22,23). The van der Waals surface area contributed by atoms with Crippen LogP contribution in [0.5, 0.6) is 5.75 Å². The molecule has 1 aromatic heterocycles. The highest BCUT2D eigenvalue weighted by Crippen LogP contribution is 2.18. The SMILES string of the molecule is Nc1nc(Nc2ccc(S(N)(=O)=O)cc2)nn1C(=O)Nc1ccc(OCC(=O)O)cc1. The highest BCUT2D eigenvalue weighted by molar-refractivity contribution is 7.89. The van der Waals surface area contributed by atoms with Gasteiger partial charge in [0.1, 0.15) is 5.75 Å². The number of carboxylic acids is 1. The molecule has 7 N–H and O–H groups in total. The van der Waals surface area contributed by atoms with E-state index in [0.717, 1.165) is 4.68 Å². The van der Waals surface area contributed by atoms with Crippen LogP contribution in [0.2, 0.25) is 0 Å². The van der Waals surface area contributed by atoms with Crippen LogP contribution in [0.4, 0.5) is 28.1 Å². The number of benzene rings is 2. The van der Waals surface area contributed by atoms with Crippen molar-refractivity contribution in [3.05, 3.63) is 48.5 Å². The minimum absolute atomic E-state index is 0.00780. The molecule has 0 radical (unpaired) electrons. The number of nitrogens with zero attached hydrogens (tertiary/aromatic N) is 3. The first kappa shape index (κ1) is 21.5. The van der Waals surface area contributed by atoms with Crippen LogP contribution >= 0.6 is 0 Å². The average molecular weight is 447 g/mol. The fourth-order valence-electron chi connectivity index (χ4n) is 2.34. The molecule has 2 aromatic carbocycles. The number of rotatable bonds is 7. The van der Waals surface area contributed by atoms with Crippen molar-refractivity contribution in [2.24, 2.45) is 5.14 Å². The highest BCUT2D eigenvalue weighted by atomic mass is 32.2. The van der Waals surface area contributed by atoms with Crippen molar-refractivity contribution in [2.45, 2.75) is 4.90 Å².